The first-order valence-electron chi connectivity index (χ1n) is 7.58. The van der Waals surface area contributed by atoms with Gasteiger partial charge in [-0.15, -0.1) is 10.2 Å². The van der Waals surface area contributed by atoms with E-state index in [9.17, 15) is 9.59 Å². The Balaban J connectivity index is 1.67. The van der Waals surface area contributed by atoms with Crippen LogP contribution < -0.4 is 5.56 Å². The third-order valence-electron chi connectivity index (χ3n) is 3.54. The number of benzene rings is 1. The molecular weight excluding hydrogens is 392 g/mol. The fourth-order valence-corrected chi connectivity index (χ4v) is 2.65. The average molecular weight is 407 g/mol. The van der Waals surface area contributed by atoms with Gasteiger partial charge in [-0.1, -0.05) is 15.9 Å². The molecule has 0 saturated carbocycles. The number of aryl methyl sites for hydroxylation is 2. The summed E-state index contributed by atoms with van der Waals surface area (Å²) in [7, 11) is 0. The lowest BCUT2D eigenvalue weighted by molar-refractivity contribution is -0.149. The highest BCUT2D eigenvalue weighted by Gasteiger charge is 2.17. The Morgan fingerprint density at radius 1 is 1.40 bits per heavy atom. The van der Waals surface area contributed by atoms with Crippen molar-refractivity contribution in [3.8, 4) is 0 Å². The van der Waals surface area contributed by atoms with Crippen molar-refractivity contribution in [2.45, 2.75) is 32.9 Å². The molecule has 0 aliphatic carbocycles. The molecule has 8 nitrogen and oxygen atoms in total. The van der Waals surface area contributed by atoms with Crippen molar-refractivity contribution in [1.82, 2.24) is 19.7 Å². The van der Waals surface area contributed by atoms with E-state index < -0.39 is 12.1 Å². The molecule has 0 amide bonds. The summed E-state index contributed by atoms with van der Waals surface area (Å²) in [6.07, 6.45) is 0.811. The number of hydrogen-bond acceptors (Lipinski definition) is 7. The van der Waals surface area contributed by atoms with Crippen LogP contribution in [0.5, 0.6) is 0 Å². The number of rotatable bonds is 5. The third-order valence-corrected chi connectivity index (χ3v) is 4.03. The van der Waals surface area contributed by atoms with Gasteiger partial charge in [0.2, 0.25) is 5.89 Å². The van der Waals surface area contributed by atoms with Gasteiger partial charge in [0.05, 0.1) is 23.7 Å². The minimum absolute atomic E-state index is 0.0263. The smallest absolute Gasteiger partial charge is 0.308 e. The van der Waals surface area contributed by atoms with E-state index in [1.54, 1.807) is 26.0 Å². The minimum atomic E-state index is -0.642. The van der Waals surface area contributed by atoms with E-state index in [4.69, 9.17) is 9.15 Å². The summed E-state index contributed by atoms with van der Waals surface area (Å²) in [6.45, 7) is 3.47. The second-order valence-corrected chi connectivity index (χ2v) is 6.36. The first kappa shape index (κ1) is 17.3. The molecule has 2 aromatic heterocycles. The molecule has 2 heterocycles. The van der Waals surface area contributed by atoms with Crippen LogP contribution in [-0.4, -0.2) is 25.7 Å². The summed E-state index contributed by atoms with van der Waals surface area (Å²) in [5.41, 5.74) is 0.395. The molecule has 0 aliphatic rings. The van der Waals surface area contributed by atoms with Crippen molar-refractivity contribution in [3.63, 3.8) is 0 Å². The summed E-state index contributed by atoms with van der Waals surface area (Å²) < 4.78 is 12.6. The van der Waals surface area contributed by atoms with E-state index in [1.807, 2.05) is 6.07 Å². The number of aromatic nitrogens is 4. The standard InChI is InChI=1S/C16H15BrN4O4/c1-9(15-20-19-10(2)25-15)24-14(22)5-6-21-8-18-13-4-3-11(17)7-12(13)16(21)23/h3-4,7-9H,5-6H2,1-2H3. The molecule has 0 aliphatic heterocycles. The third kappa shape index (κ3) is 3.93. The Labute approximate surface area is 151 Å². The zero-order valence-corrected chi connectivity index (χ0v) is 15.2. The summed E-state index contributed by atoms with van der Waals surface area (Å²) in [6, 6.07) is 5.28. The van der Waals surface area contributed by atoms with Gasteiger partial charge in [0.25, 0.3) is 11.4 Å². The summed E-state index contributed by atoms with van der Waals surface area (Å²) in [5.74, 6) is 0.169. The van der Waals surface area contributed by atoms with Crippen molar-refractivity contribution < 1.29 is 13.9 Å². The minimum Gasteiger partial charge on any atom is -0.453 e. The molecule has 25 heavy (non-hydrogen) atoms. The molecule has 0 spiro atoms. The predicted octanol–water partition coefficient (Wildman–Crippen LogP) is 2.54. The molecule has 1 aromatic carbocycles. The molecule has 0 N–H and O–H groups in total. The molecule has 1 unspecified atom stereocenters. The number of nitrogens with zero attached hydrogens (tertiary/aromatic N) is 4. The zero-order valence-electron chi connectivity index (χ0n) is 13.6. The molecule has 0 fully saturated rings. The van der Waals surface area contributed by atoms with Gasteiger partial charge < -0.3 is 9.15 Å². The van der Waals surface area contributed by atoms with Crippen LogP contribution in [0.25, 0.3) is 10.9 Å². The molecule has 3 rings (SSSR count). The quantitative estimate of drug-likeness (QED) is 0.600. The van der Waals surface area contributed by atoms with Crippen LogP contribution in [0.1, 0.15) is 31.2 Å². The number of carbonyl (C=O) groups excluding carboxylic acids is 1. The number of fused-ring (bicyclic) bond motifs is 1. The highest BCUT2D eigenvalue weighted by atomic mass is 79.9. The highest BCUT2D eigenvalue weighted by Crippen LogP contribution is 2.16. The molecule has 0 bridgehead atoms. The monoisotopic (exact) mass is 406 g/mol. The fraction of sp³-hybridized carbons (Fsp3) is 0.312. The van der Waals surface area contributed by atoms with E-state index in [-0.39, 0.29) is 24.4 Å². The average Bonchev–Trinajstić information content (AvgIpc) is 3.01. The molecule has 0 radical (unpaired) electrons. The van der Waals surface area contributed by atoms with Gasteiger partial charge in [0, 0.05) is 17.9 Å². The zero-order chi connectivity index (χ0) is 18.0. The van der Waals surface area contributed by atoms with Gasteiger partial charge in [-0.05, 0) is 25.1 Å². The van der Waals surface area contributed by atoms with Crippen molar-refractivity contribution in [3.05, 3.63) is 51.1 Å². The second kappa shape index (κ2) is 7.14. The lowest BCUT2D eigenvalue weighted by Gasteiger charge is -2.10. The van der Waals surface area contributed by atoms with Gasteiger partial charge in [0.1, 0.15) is 0 Å². The topological polar surface area (TPSA) is 100 Å². The molecule has 1 atom stereocenters. The normalized spacial score (nSPS) is 12.3. The van der Waals surface area contributed by atoms with Crippen LogP contribution in [0, 0.1) is 6.92 Å². The Morgan fingerprint density at radius 3 is 2.92 bits per heavy atom. The van der Waals surface area contributed by atoms with Crippen LogP contribution in [0.4, 0.5) is 0 Å². The fourth-order valence-electron chi connectivity index (χ4n) is 2.28. The van der Waals surface area contributed by atoms with Crippen molar-refractivity contribution in [2.75, 3.05) is 0 Å². The maximum Gasteiger partial charge on any atom is 0.308 e. The molecular formula is C16H15BrN4O4. The van der Waals surface area contributed by atoms with Crippen LogP contribution in [0.15, 0.2) is 38.2 Å². The molecule has 0 saturated heterocycles. The predicted molar refractivity (Wildman–Crippen MR) is 91.9 cm³/mol. The summed E-state index contributed by atoms with van der Waals surface area (Å²) in [5, 5.41) is 7.99. The van der Waals surface area contributed by atoms with Crippen molar-refractivity contribution in [1.29, 1.82) is 0 Å². The van der Waals surface area contributed by atoms with Gasteiger partial charge in [-0.3, -0.25) is 14.2 Å². The Kier molecular flexibility index (Phi) is 4.93. The van der Waals surface area contributed by atoms with Gasteiger partial charge in [0.15, 0.2) is 6.10 Å². The van der Waals surface area contributed by atoms with Crippen LogP contribution >= 0.6 is 15.9 Å². The maximum absolute atomic E-state index is 12.5. The van der Waals surface area contributed by atoms with Crippen LogP contribution in [0.3, 0.4) is 0 Å². The van der Waals surface area contributed by atoms with Crippen molar-refractivity contribution >= 4 is 32.8 Å². The highest BCUT2D eigenvalue weighted by molar-refractivity contribution is 9.10. The van der Waals surface area contributed by atoms with Crippen LogP contribution in [0.2, 0.25) is 0 Å². The largest absolute Gasteiger partial charge is 0.453 e. The summed E-state index contributed by atoms with van der Waals surface area (Å²) >= 11 is 3.33. The van der Waals surface area contributed by atoms with E-state index in [1.165, 1.54) is 10.9 Å². The number of carbonyl (C=O) groups is 1. The second-order valence-electron chi connectivity index (χ2n) is 5.45. The number of hydrogen-bond donors (Lipinski definition) is 0. The molecule has 130 valence electrons. The van der Waals surface area contributed by atoms with Gasteiger partial charge >= 0.3 is 5.97 Å². The summed E-state index contributed by atoms with van der Waals surface area (Å²) in [4.78, 5) is 28.7. The number of ether oxygens (including phenoxy) is 1. The number of esters is 1. The van der Waals surface area contributed by atoms with E-state index in [0.29, 0.717) is 16.8 Å². The SMILES string of the molecule is Cc1nnc(C(C)OC(=O)CCn2cnc3ccc(Br)cc3c2=O)o1. The lowest BCUT2D eigenvalue weighted by atomic mass is 10.2. The van der Waals surface area contributed by atoms with Crippen molar-refractivity contribution in [2.24, 2.45) is 0 Å². The van der Waals surface area contributed by atoms with E-state index in [0.717, 1.165) is 4.47 Å². The lowest BCUT2D eigenvalue weighted by Crippen LogP contribution is -2.22. The first-order chi connectivity index (χ1) is 11.9. The van der Waals surface area contributed by atoms with E-state index >= 15 is 0 Å². The molecule has 9 heteroatoms. The first-order valence-corrected chi connectivity index (χ1v) is 8.37. The molecule has 3 aromatic rings. The van der Waals surface area contributed by atoms with Gasteiger partial charge in [-0.2, -0.15) is 0 Å². The van der Waals surface area contributed by atoms with Crippen LogP contribution in [-0.2, 0) is 16.1 Å². The Bertz CT molecular complexity index is 982. The Morgan fingerprint density at radius 2 is 2.20 bits per heavy atom. The Hall–Kier alpha value is -2.55. The maximum atomic E-state index is 12.5. The van der Waals surface area contributed by atoms with Gasteiger partial charge in [-0.25, -0.2) is 4.98 Å². The van der Waals surface area contributed by atoms with E-state index in [2.05, 4.69) is 31.1 Å². The number of halogens is 1.